The van der Waals surface area contributed by atoms with Crippen LogP contribution in [0.4, 0.5) is 5.69 Å². The van der Waals surface area contributed by atoms with Crippen molar-refractivity contribution in [3.05, 3.63) is 89.5 Å². The van der Waals surface area contributed by atoms with Gasteiger partial charge in [-0.3, -0.25) is 18.9 Å². The number of sulfonamides is 1. The van der Waals surface area contributed by atoms with E-state index < -0.39 is 34.0 Å². The highest BCUT2D eigenvalue weighted by Crippen LogP contribution is 2.22. The maximum absolute atomic E-state index is 13.8. The van der Waals surface area contributed by atoms with E-state index in [1.54, 1.807) is 6.92 Å². The largest absolute Gasteiger partial charge is 0.387 e. The van der Waals surface area contributed by atoms with Crippen LogP contribution in [0.1, 0.15) is 60.4 Å². The molecule has 4 atom stereocenters. The van der Waals surface area contributed by atoms with Gasteiger partial charge in [0.05, 0.1) is 36.3 Å². The first-order valence-electron chi connectivity index (χ1n) is 15.7. The fourth-order valence-electron chi connectivity index (χ4n) is 4.99. The van der Waals surface area contributed by atoms with E-state index in [9.17, 15) is 23.1 Å². The van der Waals surface area contributed by atoms with E-state index in [1.807, 2.05) is 61.6 Å². The third kappa shape index (κ3) is 11.5. The molecule has 0 spiro atoms. The van der Waals surface area contributed by atoms with Gasteiger partial charge in [0.2, 0.25) is 10.0 Å². The highest BCUT2D eigenvalue weighted by molar-refractivity contribution is 7.92. The maximum atomic E-state index is 13.8. The molecular formula is C35H49N5O5S. The SMILES string of the molecule is CC(C)CNCC(=NC[C@H](Cc1ccccc1)NC(=O)c1cc(C(=O)N[C@H](C)C2C=CC=CC2)cc(N(C)S(C)(=O)=O)c1)[C@H](C)O. The van der Waals surface area contributed by atoms with E-state index in [0.717, 1.165) is 29.1 Å². The molecule has 1 unspecified atom stereocenters. The molecule has 10 nitrogen and oxygen atoms in total. The molecule has 4 N–H and O–H groups in total. The van der Waals surface area contributed by atoms with Crippen molar-refractivity contribution in [2.45, 2.75) is 58.7 Å². The molecule has 0 fully saturated rings. The van der Waals surface area contributed by atoms with Gasteiger partial charge in [0.25, 0.3) is 11.8 Å². The van der Waals surface area contributed by atoms with Crippen molar-refractivity contribution in [2.75, 3.05) is 37.2 Å². The zero-order valence-corrected chi connectivity index (χ0v) is 28.5. The third-order valence-corrected chi connectivity index (χ3v) is 9.04. The smallest absolute Gasteiger partial charge is 0.251 e. The molecule has 0 bridgehead atoms. The van der Waals surface area contributed by atoms with Gasteiger partial charge in [-0.25, -0.2) is 8.42 Å². The van der Waals surface area contributed by atoms with Crippen LogP contribution in [0.3, 0.4) is 0 Å². The number of carbonyl (C=O) groups excluding carboxylic acids is 2. The van der Waals surface area contributed by atoms with E-state index in [-0.39, 0.29) is 35.3 Å². The predicted octanol–water partition coefficient (Wildman–Crippen LogP) is 3.74. The fraction of sp³-hybridized carbons (Fsp3) is 0.457. The Kier molecular flexibility index (Phi) is 13.7. The second-order valence-electron chi connectivity index (χ2n) is 12.4. The quantitative estimate of drug-likeness (QED) is 0.204. The Balaban J connectivity index is 1.91. The average Bonchev–Trinajstić information content (AvgIpc) is 3.02. The molecule has 1 aliphatic rings. The lowest BCUT2D eigenvalue weighted by Gasteiger charge is -2.24. The van der Waals surface area contributed by atoms with Crippen LogP contribution < -0.4 is 20.3 Å². The summed E-state index contributed by atoms with van der Waals surface area (Å²) in [6.45, 7) is 9.19. The van der Waals surface area contributed by atoms with Crippen molar-refractivity contribution >= 4 is 33.2 Å². The molecule has 46 heavy (non-hydrogen) atoms. The lowest BCUT2D eigenvalue weighted by atomic mass is 9.93. The van der Waals surface area contributed by atoms with Gasteiger partial charge in [-0.2, -0.15) is 0 Å². The number of aliphatic hydroxyl groups is 1. The second kappa shape index (κ2) is 17.2. The number of allylic oxidation sites excluding steroid dienone is 3. The van der Waals surface area contributed by atoms with Gasteiger partial charge in [-0.1, -0.05) is 68.5 Å². The van der Waals surface area contributed by atoms with Gasteiger partial charge >= 0.3 is 0 Å². The number of rotatable bonds is 16. The summed E-state index contributed by atoms with van der Waals surface area (Å²) in [6.07, 6.45) is 9.55. The van der Waals surface area contributed by atoms with Gasteiger partial charge in [0, 0.05) is 36.7 Å². The van der Waals surface area contributed by atoms with E-state index >= 15 is 0 Å². The minimum absolute atomic E-state index is 0.116. The zero-order chi connectivity index (χ0) is 33.9. The van der Waals surface area contributed by atoms with Crippen LogP contribution >= 0.6 is 0 Å². The summed E-state index contributed by atoms with van der Waals surface area (Å²) in [4.78, 5) is 31.9. The summed E-state index contributed by atoms with van der Waals surface area (Å²) >= 11 is 0. The predicted molar refractivity (Wildman–Crippen MR) is 186 cm³/mol. The molecule has 2 amide bonds. The molecule has 0 saturated heterocycles. The fourth-order valence-corrected chi connectivity index (χ4v) is 5.48. The van der Waals surface area contributed by atoms with Crippen molar-refractivity contribution < 1.29 is 23.1 Å². The van der Waals surface area contributed by atoms with Gasteiger partial charge < -0.3 is 21.1 Å². The summed E-state index contributed by atoms with van der Waals surface area (Å²) < 4.78 is 25.9. The van der Waals surface area contributed by atoms with Crippen molar-refractivity contribution in [2.24, 2.45) is 16.8 Å². The number of hydrogen-bond donors (Lipinski definition) is 4. The summed E-state index contributed by atoms with van der Waals surface area (Å²) in [5.74, 6) is -0.327. The topological polar surface area (TPSA) is 140 Å². The van der Waals surface area contributed by atoms with Crippen LogP contribution in [0.25, 0.3) is 0 Å². The van der Waals surface area contributed by atoms with E-state index in [2.05, 4.69) is 29.8 Å². The Bertz CT molecular complexity index is 1520. The van der Waals surface area contributed by atoms with Gasteiger partial charge in [-0.15, -0.1) is 0 Å². The molecule has 0 aromatic heterocycles. The van der Waals surface area contributed by atoms with Crippen molar-refractivity contribution in [1.29, 1.82) is 0 Å². The summed E-state index contributed by atoms with van der Waals surface area (Å²) in [6, 6.07) is 13.5. The maximum Gasteiger partial charge on any atom is 0.251 e. The van der Waals surface area contributed by atoms with Crippen molar-refractivity contribution in [3.63, 3.8) is 0 Å². The normalized spacial score (nSPS) is 17.0. The number of benzene rings is 2. The Labute approximate surface area is 274 Å². The highest BCUT2D eigenvalue weighted by Gasteiger charge is 2.23. The Morgan fingerprint density at radius 3 is 2.22 bits per heavy atom. The molecule has 11 heteroatoms. The van der Waals surface area contributed by atoms with Crippen LogP contribution in [0.15, 0.2) is 77.8 Å². The first-order valence-corrected chi connectivity index (χ1v) is 17.6. The van der Waals surface area contributed by atoms with Gasteiger partial charge in [0.1, 0.15) is 0 Å². The van der Waals surface area contributed by atoms with Crippen LogP contribution in [0.2, 0.25) is 0 Å². The van der Waals surface area contributed by atoms with E-state index in [4.69, 9.17) is 4.99 Å². The molecule has 1 aliphatic carbocycles. The first kappa shape index (κ1) is 36.7. The number of aliphatic imine (C=N–C) groups is 1. The molecule has 0 saturated carbocycles. The summed E-state index contributed by atoms with van der Waals surface area (Å²) in [5, 5.41) is 19.7. The van der Waals surface area contributed by atoms with Gasteiger partial charge in [-0.05, 0) is 62.9 Å². The zero-order valence-electron chi connectivity index (χ0n) is 27.7. The molecule has 0 radical (unpaired) electrons. The molecule has 3 rings (SSSR count). The van der Waals surface area contributed by atoms with E-state index in [1.165, 1.54) is 25.2 Å². The lowest BCUT2D eigenvalue weighted by Crippen LogP contribution is -2.40. The number of nitrogens with zero attached hydrogens (tertiary/aromatic N) is 2. The summed E-state index contributed by atoms with van der Waals surface area (Å²) in [7, 11) is -2.30. The lowest BCUT2D eigenvalue weighted by molar-refractivity contribution is 0.0931. The van der Waals surface area contributed by atoms with Crippen LogP contribution in [0, 0.1) is 11.8 Å². The minimum Gasteiger partial charge on any atom is -0.387 e. The third-order valence-electron chi connectivity index (χ3n) is 7.83. The Morgan fingerprint density at radius 2 is 1.65 bits per heavy atom. The number of anilines is 1. The molecule has 2 aromatic carbocycles. The standard InChI is InChI=1S/C35H49N5O5S/c1-24(2)21-36-23-33(26(4)41)37-22-31(17-27-13-9-7-10-14-27)39-35(43)30-18-29(19-32(20-30)40(5)46(6,44)45)34(42)38-25(3)28-15-11-8-12-16-28/h7-15,18-20,24-26,28,31,36,41H,16-17,21-23H2,1-6H3,(H,38,42)(H,39,43)/t25-,26+,28?,31+/m1/s1. The molecule has 2 aromatic rings. The molecule has 0 heterocycles. The number of amides is 2. The van der Waals surface area contributed by atoms with Crippen molar-refractivity contribution in [1.82, 2.24) is 16.0 Å². The second-order valence-corrected chi connectivity index (χ2v) is 14.4. The number of aliphatic hydroxyl groups excluding tert-OH is 1. The van der Waals surface area contributed by atoms with E-state index in [0.29, 0.717) is 24.6 Å². The first-order chi connectivity index (χ1) is 21.7. The van der Waals surface area contributed by atoms with Crippen molar-refractivity contribution in [3.8, 4) is 0 Å². The molecular weight excluding hydrogens is 602 g/mol. The minimum atomic E-state index is -3.68. The molecule has 0 aliphatic heterocycles. The molecule has 250 valence electrons. The number of hydrogen-bond acceptors (Lipinski definition) is 7. The number of nitrogens with one attached hydrogen (secondary N) is 3. The van der Waals surface area contributed by atoms with Crippen LogP contribution in [-0.4, -0.2) is 82.2 Å². The average molecular weight is 652 g/mol. The Morgan fingerprint density at radius 1 is 1.00 bits per heavy atom. The summed E-state index contributed by atoms with van der Waals surface area (Å²) in [5.41, 5.74) is 2.08. The van der Waals surface area contributed by atoms with Crippen LogP contribution in [0.5, 0.6) is 0 Å². The Hall–Kier alpha value is -3.80. The van der Waals surface area contributed by atoms with Crippen LogP contribution in [-0.2, 0) is 16.4 Å². The monoisotopic (exact) mass is 651 g/mol. The number of carbonyl (C=O) groups is 2. The van der Waals surface area contributed by atoms with Gasteiger partial charge in [0.15, 0.2) is 0 Å². The highest BCUT2D eigenvalue weighted by atomic mass is 32.2.